The average Bonchev–Trinajstić information content (AvgIpc) is 2.68. The molecule has 0 aliphatic carbocycles. The van der Waals surface area contributed by atoms with Crippen LogP contribution in [0.1, 0.15) is 5.82 Å². The van der Waals surface area contributed by atoms with Crippen LogP contribution in [0.2, 0.25) is 0 Å². The van der Waals surface area contributed by atoms with E-state index in [9.17, 15) is 0 Å². The van der Waals surface area contributed by atoms with Crippen molar-refractivity contribution in [3.8, 4) is 17.1 Å². The van der Waals surface area contributed by atoms with E-state index in [4.69, 9.17) is 4.74 Å². The molecule has 1 aromatic carbocycles. The lowest BCUT2D eigenvalue weighted by molar-refractivity contribution is 0.415. The molecule has 0 radical (unpaired) electrons. The Morgan fingerprint density at radius 2 is 2.16 bits per heavy atom. The van der Waals surface area contributed by atoms with Gasteiger partial charge < -0.3 is 14.6 Å². The van der Waals surface area contributed by atoms with Crippen LogP contribution in [-0.4, -0.2) is 35.0 Å². The monoisotopic (exact) mass is 280 g/mol. The summed E-state index contributed by atoms with van der Waals surface area (Å²) in [5, 5.41) is 12.0. The molecule has 1 aliphatic heterocycles. The highest BCUT2D eigenvalue weighted by Gasteiger charge is 2.15. The van der Waals surface area contributed by atoms with Crippen LogP contribution < -0.4 is 10.1 Å². The Kier molecular flexibility index (Phi) is 4.39. The van der Waals surface area contributed by atoms with Crippen molar-refractivity contribution >= 4 is 12.4 Å². The Morgan fingerprint density at radius 3 is 3.00 bits per heavy atom. The maximum absolute atomic E-state index is 5.25. The van der Waals surface area contributed by atoms with Crippen LogP contribution in [-0.2, 0) is 13.0 Å². The fourth-order valence-corrected chi connectivity index (χ4v) is 2.25. The molecule has 1 aromatic heterocycles. The molecular weight excluding hydrogens is 264 g/mol. The second-order valence-electron chi connectivity index (χ2n) is 4.32. The van der Waals surface area contributed by atoms with Crippen LogP contribution in [0, 0.1) is 0 Å². The van der Waals surface area contributed by atoms with Crippen LogP contribution >= 0.6 is 12.4 Å². The zero-order valence-corrected chi connectivity index (χ0v) is 11.6. The molecule has 19 heavy (non-hydrogen) atoms. The Hall–Kier alpha value is -1.59. The van der Waals surface area contributed by atoms with E-state index >= 15 is 0 Å². The van der Waals surface area contributed by atoms with E-state index < -0.39 is 0 Å². The average molecular weight is 281 g/mol. The number of nitrogens with one attached hydrogen (secondary N) is 1. The second kappa shape index (κ2) is 6.04. The Morgan fingerprint density at radius 1 is 1.26 bits per heavy atom. The van der Waals surface area contributed by atoms with Crippen LogP contribution in [0.4, 0.5) is 0 Å². The number of aromatic nitrogens is 3. The summed E-state index contributed by atoms with van der Waals surface area (Å²) in [7, 11) is 1.67. The van der Waals surface area contributed by atoms with Crippen molar-refractivity contribution in [3.05, 3.63) is 30.1 Å². The lowest BCUT2D eigenvalue weighted by atomic mass is 10.2. The quantitative estimate of drug-likeness (QED) is 0.906. The molecule has 2 aromatic rings. The molecule has 102 valence electrons. The first-order chi connectivity index (χ1) is 8.88. The van der Waals surface area contributed by atoms with Gasteiger partial charge in [-0.15, -0.1) is 22.6 Å². The molecule has 2 heterocycles. The number of fused-ring (bicyclic) bond motifs is 1. The number of rotatable bonds is 2. The molecule has 0 unspecified atom stereocenters. The minimum absolute atomic E-state index is 0. The molecule has 0 spiro atoms. The molecule has 0 saturated carbocycles. The molecule has 3 rings (SSSR count). The number of hydrogen-bond donors (Lipinski definition) is 1. The van der Waals surface area contributed by atoms with E-state index in [0.29, 0.717) is 0 Å². The van der Waals surface area contributed by atoms with Gasteiger partial charge in [-0.3, -0.25) is 0 Å². The van der Waals surface area contributed by atoms with Crippen LogP contribution in [0.5, 0.6) is 5.75 Å². The molecule has 0 bridgehead atoms. The Balaban J connectivity index is 0.00000133. The number of ether oxygens (including phenoxy) is 1. The highest BCUT2D eigenvalue weighted by atomic mass is 35.5. The number of nitrogens with zero attached hydrogens (tertiary/aromatic N) is 3. The van der Waals surface area contributed by atoms with Gasteiger partial charge in [0.2, 0.25) is 0 Å². The van der Waals surface area contributed by atoms with E-state index in [1.807, 2.05) is 24.3 Å². The number of benzene rings is 1. The van der Waals surface area contributed by atoms with Gasteiger partial charge in [0.15, 0.2) is 5.82 Å². The van der Waals surface area contributed by atoms with E-state index in [0.717, 1.165) is 49.0 Å². The van der Waals surface area contributed by atoms with Gasteiger partial charge in [0.05, 0.1) is 7.11 Å². The highest BCUT2D eigenvalue weighted by Crippen LogP contribution is 2.23. The predicted octanol–water partition coefficient (Wildman–Crippen LogP) is 1.52. The van der Waals surface area contributed by atoms with Crippen LogP contribution in [0.15, 0.2) is 24.3 Å². The van der Waals surface area contributed by atoms with E-state index in [-0.39, 0.29) is 12.4 Å². The SMILES string of the molecule is COc1cccc(-c2nnc3n2CCNCC3)c1.Cl. The van der Waals surface area contributed by atoms with E-state index in [2.05, 4.69) is 20.1 Å². The van der Waals surface area contributed by atoms with Crippen LogP contribution in [0.3, 0.4) is 0 Å². The lowest BCUT2D eigenvalue weighted by Crippen LogP contribution is -2.17. The maximum Gasteiger partial charge on any atom is 0.164 e. The van der Waals surface area contributed by atoms with Gasteiger partial charge in [-0.05, 0) is 12.1 Å². The summed E-state index contributed by atoms with van der Waals surface area (Å²) < 4.78 is 7.44. The fraction of sp³-hybridized carbons (Fsp3) is 0.385. The maximum atomic E-state index is 5.25. The van der Waals surface area contributed by atoms with Crippen molar-refractivity contribution < 1.29 is 4.74 Å². The number of methoxy groups -OCH3 is 1. The molecule has 1 aliphatic rings. The second-order valence-corrected chi connectivity index (χ2v) is 4.32. The van der Waals surface area contributed by atoms with Gasteiger partial charge in [-0.1, -0.05) is 12.1 Å². The van der Waals surface area contributed by atoms with Crippen molar-refractivity contribution in [1.82, 2.24) is 20.1 Å². The Labute approximate surface area is 118 Å². The zero-order chi connectivity index (χ0) is 12.4. The molecule has 0 saturated heterocycles. The molecule has 0 fully saturated rings. The summed E-state index contributed by atoms with van der Waals surface area (Å²) in [5.41, 5.74) is 1.05. The number of hydrogen-bond acceptors (Lipinski definition) is 4. The topological polar surface area (TPSA) is 52.0 Å². The van der Waals surface area contributed by atoms with Gasteiger partial charge >= 0.3 is 0 Å². The minimum Gasteiger partial charge on any atom is -0.497 e. The van der Waals surface area contributed by atoms with Gasteiger partial charge in [0.1, 0.15) is 11.6 Å². The summed E-state index contributed by atoms with van der Waals surface area (Å²) in [6.07, 6.45) is 0.928. The van der Waals surface area contributed by atoms with Gasteiger partial charge in [-0.25, -0.2) is 0 Å². The summed E-state index contributed by atoms with van der Waals surface area (Å²) in [6.45, 7) is 2.84. The standard InChI is InChI=1S/C13H16N4O.ClH/c1-18-11-4-2-3-10(9-11)13-16-15-12-5-6-14-7-8-17(12)13;/h2-4,9,14H,5-8H2,1H3;1H. The first-order valence-electron chi connectivity index (χ1n) is 6.16. The van der Waals surface area contributed by atoms with Gasteiger partial charge in [0, 0.05) is 31.6 Å². The lowest BCUT2D eigenvalue weighted by Gasteiger charge is -2.07. The molecule has 1 N–H and O–H groups in total. The minimum atomic E-state index is 0. The molecular formula is C13H17ClN4O. The summed E-state index contributed by atoms with van der Waals surface area (Å²) >= 11 is 0. The first-order valence-corrected chi connectivity index (χ1v) is 6.16. The van der Waals surface area contributed by atoms with Crippen molar-refractivity contribution in [3.63, 3.8) is 0 Å². The highest BCUT2D eigenvalue weighted by molar-refractivity contribution is 5.85. The van der Waals surface area contributed by atoms with E-state index in [1.54, 1.807) is 7.11 Å². The summed E-state index contributed by atoms with van der Waals surface area (Å²) in [5.74, 6) is 2.82. The molecule has 5 nitrogen and oxygen atoms in total. The van der Waals surface area contributed by atoms with Gasteiger partial charge in [0.25, 0.3) is 0 Å². The third-order valence-electron chi connectivity index (χ3n) is 3.19. The third-order valence-corrected chi connectivity index (χ3v) is 3.19. The molecule has 0 amide bonds. The zero-order valence-electron chi connectivity index (χ0n) is 10.8. The largest absolute Gasteiger partial charge is 0.497 e. The molecule has 6 heteroatoms. The van der Waals surface area contributed by atoms with E-state index in [1.165, 1.54) is 0 Å². The van der Waals surface area contributed by atoms with Crippen molar-refractivity contribution in [1.29, 1.82) is 0 Å². The number of halogens is 1. The molecule has 0 atom stereocenters. The predicted molar refractivity (Wildman–Crippen MR) is 75.8 cm³/mol. The van der Waals surface area contributed by atoms with Crippen LogP contribution in [0.25, 0.3) is 11.4 Å². The summed E-state index contributed by atoms with van der Waals surface area (Å²) in [6, 6.07) is 7.95. The normalized spacial score (nSPS) is 14.2. The Bertz CT molecular complexity index is 555. The summed E-state index contributed by atoms with van der Waals surface area (Å²) in [4.78, 5) is 0. The van der Waals surface area contributed by atoms with Crippen molar-refractivity contribution in [2.75, 3.05) is 20.2 Å². The third kappa shape index (κ3) is 2.72. The first kappa shape index (κ1) is 13.8. The van der Waals surface area contributed by atoms with Gasteiger partial charge in [-0.2, -0.15) is 0 Å². The van der Waals surface area contributed by atoms with Crippen molar-refractivity contribution in [2.24, 2.45) is 0 Å². The fourth-order valence-electron chi connectivity index (χ4n) is 2.25. The smallest absolute Gasteiger partial charge is 0.164 e. The van der Waals surface area contributed by atoms with Crippen molar-refractivity contribution in [2.45, 2.75) is 13.0 Å².